The van der Waals surface area contributed by atoms with E-state index in [1.54, 1.807) is 0 Å². The first-order valence-corrected chi connectivity index (χ1v) is 7.18. The summed E-state index contributed by atoms with van der Waals surface area (Å²) in [5.41, 5.74) is 0. The molecular weight excluding hydrogens is 228 g/mol. The lowest BCUT2D eigenvalue weighted by Gasteiger charge is -2.31. The number of carbonyl (C=O) groups is 1. The number of esters is 1. The molecule has 0 aromatic rings. The smallest absolute Gasteiger partial charge is 0.309 e. The number of nitrogens with zero attached hydrogens (tertiary/aromatic N) is 1. The van der Waals surface area contributed by atoms with Crippen molar-refractivity contribution >= 4 is 5.97 Å². The predicted octanol–water partition coefficient (Wildman–Crippen LogP) is 1.51. The highest BCUT2D eigenvalue weighted by Crippen LogP contribution is 2.15. The maximum atomic E-state index is 11.5. The number of methoxy groups -OCH3 is 1. The van der Waals surface area contributed by atoms with Crippen LogP contribution in [0.2, 0.25) is 0 Å². The van der Waals surface area contributed by atoms with Crippen LogP contribution < -0.4 is 5.32 Å². The van der Waals surface area contributed by atoms with Crippen molar-refractivity contribution in [2.75, 3.05) is 39.8 Å². The minimum absolute atomic E-state index is 0.0248. The molecule has 106 valence electrons. The summed E-state index contributed by atoms with van der Waals surface area (Å²) in [6, 6.07) is 0. The molecule has 18 heavy (non-hydrogen) atoms. The topological polar surface area (TPSA) is 41.6 Å². The van der Waals surface area contributed by atoms with Gasteiger partial charge >= 0.3 is 5.97 Å². The molecule has 1 aliphatic heterocycles. The van der Waals surface area contributed by atoms with Crippen molar-refractivity contribution in [3.8, 4) is 0 Å². The molecule has 1 heterocycles. The zero-order chi connectivity index (χ0) is 13.4. The summed E-state index contributed by atoms with van der Waals surface area (Å²) >= 11 is 0. The first-order chi connectivity index (χ1) is 8.67. The van der Waals surface area contributed by atoms with Crippen molar-refractivity contribution in [1.82, 2.24) is 10.2 Å². The fourth-order valence-electron chi connectivity index (χ4n) is 2.67. The lowest BCUT2D eigenvalue weighted by molar-refractivity contribution is -0.145. The highest BCUT2D eigenvalue weighted by Gasteiger charge is 2.21. The van der Waals surface area contributed by atoms with Gasteiger partial charge < -0.3 is 15.0 Å². The molecule has 1 N–H and O–H groups in total. The molecule has 0 radical (unpaired) electrons. The van der Waals surface area contributed by atoms with E-state index in [1.165, 1.54) is 20.0 Å². The van der Waals surface area contributed by atoms with Gasteiger partial charge in [-0.2, -0.15) is 0 Å². The number of piperidine rings is 1. The third-order valence-electron chi connectivity index (χ3n) is 3.65. The van der Waals surface area contributed by atoms with E-state index in [0.29, 0.717) is 0 Å². The Morgan fingerprint density at radius 3 is 2.67 bits per heavy atom. The average molecular weight is 256 g/mol. The Kier molecular flexibility index (Phi) is 7.28. The number of rotatable bonds is 7. The minimum atomic E-state index is -0.0959. The van der Waals surface area contributed by atoms with E-state index in [-0.39, 0.29) is 11.9 Å². The Labute approximate surface area is 111 Å². The fourth-order valence-corrected chi connectivity index (χ4v) is 2.67. The molecule has 1 unspecified atom stereocenters. The predicted molar refractivity (Wildman–Crippen MR) is 73.5 cm³/mol. The van der Waals surface area contributed by atoms with Gasteiger partial charge in [0.1, 0.15) is 0 Å². The molecule has 4 heteroatoms. The fraction of sp³-hybridized carbons (Fsp3) is 0.929. The normalized spacial score (nSPS) is 18.9. The zero-order valence-corrected chi connectivity index (χ0v) is 12.1. The number of carbonyl (C=O) groups excluding carboxylic acids is 1. The Morgan fingerprint density at radius 1 is 1.44 bits per heavy atom. The summed E-state index contributed by atoms with van der Waals surface area (Å²) in [4.78, 5) is 13.9. The second-order valence-electron chi connectivity index (χ2n) is 5.38. The molecule has 0 amide bonds. The van der Waals surface area contributed by atoms with Crippen LogP contribution in [0.3, 0.4) is 0 Å². The molecule has 1 aliphatic rings. The molecule has 1 atom stereocenters. The van der Waals surface area contributed by atoms with Gasteiger partial charge in [0.25, 0.3) is 0 Å². The molecule has 1 fully saturated rings. The number of ether oxygens (including phenoxy) is 1. The summed E-state index contributed by atoms with van der Waals surface area (Å²) in [5, 5.41) is 3.40. The van der Waals surface area contributed by atoms with Crippen LogP contribution in [0.25, 0.3) is 0 Å². The van der Waals surface area contributed by atoms with Gasteiger partial charge in [0.2, 0.25) is 0 Å². The number of nitrogens with one attached hydrogen (secondary N) is 1. The highest BCUT2D eigenvalue weighted by molar-refractivity contribution is 5.72. The van der Waals surface area contributed by atoms with E-state index in [0.717, 1.165) is 45.1 Å². The van der Waals surface area contributed by atoms with Gasteiger partial charge in [-0.15, -0.1) is 0 Å². The molecule has 1 rings (SSSR count). The molecular formula is C14H28N2O2. The minimum Gasteiger partial charge on any atom is -0.469 e. The summed E-state index contributed by atoms with van der Waals surface area (Å²) in [7, 11) is 1.47. The van der Waals surface area contributed by atoms with Crippen molar-refractivity contribution in [1.29, 1.82) is 0 Å². The van der Waals surface area contributed by atoms with E-state index in [9.17, 15) is 4.79 Å². The number of hydrogen-bond acceptors (Lipinski definition) is 4. The van der Waals surface area contributed by atoms with E-state index >= 15 is 0 Å². The van der Waals surface area contributed by atoms with Crippen LogP contribution in [0, 0.1) is 11.8 Å². The van der Waals surface area contributed by atoms with Crippen molar-refractivity contribution in [3.05, 3.63) is 0 Å². The first-order valence-electron chi connectivity index (χ1n) is 7.18. The van der Waals surface area contributed by atoms with Crippen LogP contribution in [0.1, 0.15) is 33.1 Å². The number of hydrogen-bond donors (Lipinski definition) is 1. The molecule has 0 aromatic heterocycles. The lowest BCUT2D eigenvalue weighted by Crippen LogP contribution is -2.39. The Balaban J connectivity index is 2.40. The highest BCUT2D eigenvalue weighted by atomic mass is 16.5. The van der Waals surface area contributed by atoms with Crippen LogP contribution in [0.4, 0.5) is 0 Å². The van der Waals surface area contributed by atoms with Crippen molar-refractivity contribution in [2.24, 2.45) is 11.8 Å². The first kappa shape index (κ1) is 15.4. The monoisotopic (exact) mass is 256 g/mol. The SMILES string of the molecule is CCCN(CC1CCNCC1)CC(C)C(=O)OC. The molecule has 0 saturated carbocycles. The average Bonchev–Trinajstić information content (AvgIpc) is 2.39. The van der Waals surface area contributed by atoms with E-state index < -0.39 is 0 Å². The van der Waals surface area contributed by atoms with Gasteiger partial charge in [-0.25, -0.2) is 0 Å². The van der Waals surface area contributed by atoms with Gasteiger partial charge in [-0.3, -0.25) is 4.79 Å². The van der Waals surface area contributed by atoms with Gasteiger partial charge in [-0.05, 0) is 44.8 Å². The van der Waals surface area contributed by atoms with Crippen LogP contribution in [0.15, 0.2) is 0 Å². The molecule has 0 bridgehead atoms. The summed E-state index contributed by atoms with van der Waals surface area (Å²) in [5.74, 6) is 0.660. The van der Waals surface area contributed by atoms with Crippen molar-refractivity contribution in [3.63, 3.8) is 0 Å². The molecule has 4 nitrogen and oxygen atoms in total. The lowest BCUT2D eigenvalue weighted by atomic mass is 9.97. The van der Waals surface area contributed by atoms with Crippen LogP contribution >= 0.6 is 0 Å². The van der Waals surface area contributed by atoms with Crippen molar-refractivity contribution < 1.29 is 9.53 Å². The Morgan fingerprint density at radius 2 is 2.11 bits per heavy atom. The second kappa shape index (κ2) is 8.48. The van der Waals surface area contributed by atoms with Gasteiger partial charge in [-0.1, -0.05) is 13.8 Å². The Bertz CT molecular complexity index is 240. The van der Waals surface area contributed by atoms with Gasteiger partial charge in [0, 0.05) is 13.1 Å². The van der Waals surface area contributed by atoms with E-state index in [2.05, 4.69) is 17.1 Å². The van der Waals surface area contributed by atoms with Gasteiger partial charge in [0.05, 0.1) is 13.0 Å². The van der Waals surface area contributed by atoms with Crippen molar-refractivity contribution in [2.45, 2.75) is 33.1 Å². The second-order valence-corrected chi connectivity index (χ2v) is 5.38. The molecule has 0 spiro atoms. The maximum Gasteiger partial charge on any atom is 0.309 e. The zero-order valence-electron chi connectivity index (χ0n) is 12.1. The quantitative estimate of drug-likeness (QED) is 0.701. The van der Waals surface area contributed by atoms with Crippen LogP contribution in [-0.4, -0.2) is 50.7 Å². The molecule has 0 aliphatic carbocycles. The Hall–Kier alpha value is -0.610. The van der Waals surface area contributed by atoms with Gasteiger partial charge in [0.15, 0.2) is 0 Å². The molecule has 0 aromatic carbocycles. The van der Waals surface area contributed by atoms with E-state index in [1.807, 2.05) is 6.92 Å². The van der Waals surface area contributed by atoms with E-state index in [4.69, 9.17) is 4.74 Å². The summed E-state index contributed by atoms with van der Waals surface area (Å²) in [6.07, 6.45) is 3.65. The summed E-state index contributed by atoms with van der Waals surface area (Å²) < 4.78 is 4.81. The van der Waals surface area contributed by atoms with Crippen LogP contribution in [0.5, 0.6) is 0 Å². The summed E-state index contributed by atoms with van der Waals surface area (Å²) in [6.45, 7) is 9.44. The van der Waals surface area contributed by atoms with Crippen LogP contribution in [-0.2, 0) is 9.53 Å². The standard InChI is InChI=1S/C14H28N2O2/c1-4-9-16(10-12(2)14(17)18-3)11-13-5-7-15-8-6-13/h12-13,15H,4-11H2,1-3H3. The largest absolute Gasteiger partial charge is 0.469 e. The molecule has 1 saturated heterocycles. The maximum absolute atomic E-state index is 11.5. The third kappa shape index (κ3) is 5.36. The third-order valence-corrected chi connectivity index (χ3v) is 3.65.